The lowest BCUT2D eigenvalue weighted by molar-refractivity contribution is -0.114. The maximum Gasteiger partial charge on any atom is 0.252 e. The van der Waals surface area contributed by atoms with E-state index in [-0.39, 0.29) is 23.0 Å². The molecule has 1 aromatic carbocycles. The first-order valence-corrected chi connectivity index (χ1v) is 8.95. The summed E-state index contributed by atoms with van der Waals surface area (Å²) in [5.41, 5.74) is 12.1. The van der Waals surface area contributed by atoms with Gasteiger partial charge in [0.25, 0.3) is 5.91 Å². The molecule has 0 aromatic heterocycles. The van der Waals surface area contributed by atoms with Crippen LogP contribution in [-0.2, 0) is 9.53 Å². The van der Waals surface area contributed by atoms with E-state index in [1.807, 2.05) is 0 Å². The SMILES string of the molecule is CC1=CC2(SC3=C(S2)C(=O)c2ccccc2C3=O)C(C(N)=O)=C(N)O1. The van der Waals surface area contributed by atoms with Crippen LogP contribution in [0.1, 0.15) is 27.6 Å². The van der Waals surface area contributed by atoms with Crippen LogP contribution in [-0.4, -0.2) is 21.6 Å². The summed E-state index contributed by atoms with van der Waals surface area (Å²) in [7, 11) is 0. The summed E-state index contributed by atoms with van der Waals surface area (Å²) in [6.45, 7) is 1.68. The molecule has 0 saturated carbocycles. The molecule has 4 rings (SSSR count). The summed E-state index contributed by atoms with van der Waals surface area (Å²) in [6.07, 6.45) is 1.67. The van der Waals surface area contributed by atoms with Crippen molar-refractivity contribution in [2.75, 3.05) is 0 Å². The average Bonchev–Trinajstić information content (AvgIpc) is 2.91. The number of carbonyl (C=O) groups is 3. The van der Waals surface area contributed by atoms with E-state index in [9.17, 15) is 14.4 Å². The molecule has 0 bridgehead atoms. The minimum Gasteiger partial charge on any atom is -0.446 e. The van der Waals surface area contributed by atoms with Crippen molar-refractivity contribution in [3.8, 4) is 0 Å². The molecule has 1 aliphatic carbocycles. The van der Waals surface area contributed by atoms with Crippen LogP contribution in [0.15, 0.2) is 57.4 Å². The first-order valence-electron chi connectivity index (χ1n) is 7.32. The fourth-order valence-electron chi connectivity index (χ4n) is 3.06. The zero-order valence-electron chi connectivity index (χ0n) is 13.0. The number of fused-ring (bicyclic) bond motifs is 1. The van der Waals surface area contributed by atoms with Gasteiger partial charge in [0.05, 0.1) is 9.81 Å². The Hall–Kier alpha value is -2.45. The number of ether oxygens (including phenoxy) is 1. The third-order valence-corrected chi connectivity index (χ3v) is 7.11. The number of ketones is 2. The summed E-state index contributed by atoms with van der Waals surface area (Å²) in [5.74, 6) is -0.859. The van der Waals surface area contributed by atoms with Crippen molar-refractivity contribution < 1.29 is 19.1 Å². The molecule has 0 radical (unpaired) electrons. The molecule has 2 aliphatic heterocycles. The second-order valence-electron chi connectivity index (χ2n) is 5.69. The molecule has 0 unspecified atom stereocenters. The van der Waals surface area contributed by atoms with E-state index in [1.165, 1.54) is 0 Å². The predicted molar refractivity (Wildman–Crippen MR) is 95.3 cm³/mol. The summed E-state index contributed by atoms with van der Waals surface area (Å²) < 4.78 is 4.25. The monoisotopic (exact) mass is 372 g/mol. The van der Waals surface area contributed by atoms with E-state index < -0.39 is 9.99 Å². The Morgan fingerprint density at radius 2 is 1.60 bits per heavy atom. The lowest BCUT2D eigenvalue weighted by atomic mass is 9.94. The molecule has 1 amide bonds. The topological polar surface area (TPSA) is 112 Å². The number of amides is 1. The summed E-state index contributed by atoms with van der Waals surface area (Å²) in [5, 5.41) is 0. The molecule has 25 heavy (non-hydrogen) atoms. The van der Waals surface area contributed by atoms with Crippen molar-refractivity contribution >= 4 is 41.0 Å². The smallest absolute Gasteiger partial charge is 0.252 e. The van der Waals surface area contributed by atoms with E-state index in [0.29, 0.717) is 26.7 Å². The number of allylic oxidation sites excluding steroid dienone is 3. The van der Waals surface area contributed by atoms with Crippen molar-refractivity contribution in [3.05, 3.63) is 68.5 Å². The van der Waals surface area contributed by atoms with Crippen LogP contribution in [0.5, 0.6) is 0 Å². The normalized spacial score (nSPS) is 21.1. The molecule has 3 aliphatic rings. The Morgan fingerprint density at radius 3 is 2.08 bits per heavy atom. The number of benzene rings is 1. The Labute approximate surface area is 151 Å². The lowest BCUT2D eigenvalue weighted by Gasteiger charge is -2.30. The van der Waals surface area contributed by atoms with Crippen molar-refractivity contribution in [2.45, 2.75) is 11.0 Å². The zero-order chi connectivity index (χ0) is 17.9. The highest BCUT2D eigenvalue weighted by Crippen LogP contribution is 2.62. The third kappa shape index (κ3) is 2.17. The van der Waals surface area contributed by atoms with Crippen LogP contribution in [0.4, 0.5) is 0 Å². The number of Topliss-reactive ketones (excluding diaryl/α,β-unsaturated/α-hetero) is 2. The molecule has 0 atom stereocenters. The van der Waals surface area contributed by atoms with Gasteiger partial charge in [-0.05, 0) is 13.0 Å². The molecule has 126 valence electrons. The highest BCUT2D eigenvalue weighted by Gasteiger charge is 2.53. The van der Waals surface area contributed by atoms with E-state index >= 15 is 0 Å². The molecule has 2 heterocycles. The van der Waals surface area contributed by atoms with Crippen molar-refractivity contribution in [3.63, 3.8) is 0 Å². The first kappa shape index (κ1) is 16.0. The van der Waals surface area contributed by atoms with Crippen LogP contribution >= 0.6 is 23.5 Å². The fraction of sp³-hybridized carbons (Fsp3) is 0.118. The largest absolute Gasteiger partial charge is 0.446 e. The minimum atomic E-state index is -1.07. The van der Waals surface area contributed by atoms with E-state index in [0.717, 1.165) is 23.5 Å². The van der Waals surface area contributed by atoms with Crippen LogP contribution in [0, 0.1) is 0 Å². The van der Waals surface area contributed by atoms with Crippen LogP contribution in [0.25, 0.3) is 0 Å². The molecule has 0 saturated heterocycles. The number of primary amides is 1. The maximum absolute atomic E-state index is 12.8. The quantitative estimate of drug-likeness (QED) is 0.775. The summed E-state index contributed by atoms with van der Waals surface area (Å²) >= 11 is 2.23. The standard InChI is InChI=1S/C17H12N2O4S2/c1-7-6-17(10(15(18)22)16(19)23-7)24-13-11(20)8-4-2-3-5-9(8)12(21)14(13)25-17/h2-6H,19H2,1H3,(H2,18,22). The highest BCUT2D eigenvalue weighted by molar-refractivity contribution is 8.26. The van der Waals surface area contributed by atoms with Gasteiger partial charge in [-0.2, -0.15) is 0 Å². The van der Waals surface area contributed by atoms with Gasteiger partial charge in [0.2, 0.25) is 17.4 Å². The predicted octanol–water partition coefficient (Wildman–Crippen LogP) is 2.04. The van der Waals surface area contributed by atoms with Gasteiger partial charge in [-0.3, -0.25) is 14.4 Å². The molecular formula is C17H12N2O4S2. The van der Waals surface area contributed by atoms with Gasteiger partial charge >= 0.3 is 0 Å². The van der Waals surface area contributed by atoms with Crippen LogP contribution in [0.3, 0.4) is 0 Å². The molecule has 6 nitrogen and oxygen atoms in total. The van der Waals surface area contributed by atoms with Gasteiger partial charge in [0, 0.05) is 11.1 Å². The van der Waals surface area contributed by atoms with Gasteiger partial charge in [0.1, 0.15) is 15.4 Å². The summed E-state index contributed by atoms with van der Waals surface area (Å²) in [4.78, 5) is 38.3. The molecule has 1 aromatic rings. The van der Waals surface area contributed by atoms with Crippen molar-refractivity contribution in [2.24, 2.45) is 11.5 Å². The van der Waals surface area contributed by atoms with Crippen LogP contribution < -0.4 is 11.5 Å². The average molecular weight is 372 g/mol. The minimum absolute atomic E-state index is 0.0483. The van der Waals surface area contributed by atoms with Gasteiger partial charge < -0.3 is 16.2 Å². The Morgan fingerprint density at radius 1 is 1.08 bits per heavy atom. The fourth-order valence-corrected chi connectivity index (χ4v) is 6.41. The summed E-state index contributed by atoms with van der Waals surface area (Å²) in [6, 6.07) is 6.67. The number of rotatable bonds is 1. The number of hydrogen-bond acceptors (Lipinski definition) is 7. The van der Waals surface area contributed by atoms with E-state index in [1.54, 1.807) is 37.3 Å². The first-order chi connectivity index (χ1) is 11.8. The highest BCUT2D eigenvalue weighted by atomic mass is 32.2. The number of hydrogen-bond donors (Lipinski definition) is 2. The number of thioether (sulfide) groups is 2. The van der Waals surface area contributed by atoms with Crippen molar-refractivity contribution in [1.29, 1.82) is 0 Å². The Kier molecular flexibility index (Phi) is 3.38. The van der Waals surface area contributed by atoms with E-state index in [2.05, 4.69) is 0 Å². The second-order valence-corrected chi connectivity index (χ2v) is 8.47. The molecule has 8 heteroatoms. The zero-order valence-corrected chi connectivity index (χ0v) is 14.6. The Bertz CT molecular complexity index is 928. The number of carbonyl (C=O) groups excluding carboxylic acids is 3. The van der Waals surface area contributed by atoms with Gasteiger partial charge in [0.15, 0.2) is 0 Å². The maximum atomic E-state index is 12.8. The second kappa shape index (κ2) is 5.27. The third-order valence-electron chi connectivity index (χ3n) is 4.05. The van der Waals surface area contributed by atoms with Gasteiger partial charge in [-0.15, -0.1) is 0 Å². The van der Waals surface area contributed by atoms with Crippen LogP contribution in [0.2, 0.25) is 0 Å². The molecule has 1 spiro atoms. The van der Waals surface area contributed by atoms with Gasteiger partial charge in [-0.25, -0.2) is 0 Å². The molecular weight excluding hydrogens is 360 g/mol. The molecule has 0 fully saturated rings. The van der Waals surface area contributed by atoms with E-state index in [4.69, 9.17) is 16.2 Å². The molecule has 4 N–H and O–H groups in total. The van der Waals surface area contributed by atoms with Gasteiger partial charge in [-0.1, -0.05) is 47.8 Å². The Balaban J connectivity index is 1.86. The lowest BCUT2D eigenvalue weighted by Crippen LogP contribution is -2.35. The number of nitrogens with two attached hydrogens (primary N) is 2. The van der Waals surface area contributed by atoms with Crippen molar-refractivity contribution in [1.82, 2.24) is 0 Å².